The Bertz CT molecular complexity index is 1020. The standard InChI is InChI=1S/C23H24Cl2N4O2/c1-2-30-23-17(4-3-6-28-23)15-31-22-19(24)12-18(13-20(22)25)16-5-7-27-21(14-16)29-10-8-26-9-11-29/h3-7,12-14,26H,2,8-11,15H2,1H3. The highest BCUT2D eigenvalue weighted by atomic mass is 35.5. The normalized spacial score (nSPS) is 13.8. The van der Waals surface area contributed by atoms with Crippen LogP contribution in [0.15, 0.2) is 48.8 Å². The number of rotatable bonds is 7. The molecule has 162 valence electrons. The van der Waals surface area contributed by atoms with Gasteiger partial charge in [0.1, 0.15) is 12.4 Å². The van der Waals surface area contributed by atoms with Crippen molar-refractivity contribution in [2.24, 2.45) is 0 Å². The van der Waals surface area contributed by atoms with E-state index in [1.807, 2.05) is 43.5 Å². The molecule has 0 saturated carbocycles. The Labute approximate surface area is 192 Å². The van der Waals surface area contributed by atoms with Crippen LogP contribution in [0.1, 0.15) is 12.5 Å². The first kappa shape index (κ1) is 21.7. The van der Waals surface area contributed by atoms with Crippen LogP contribution in [-0.2, 0) is 6.61 Å². The molecule has 1 saturated heterocycles. The van der Waals surface area contributed by atoms with Gasteiger partial charge >= 0.3 is 0 Å². The maximum Gasteiger partial charge on any atom is 0.219 e. The maximum absolute atomic E-state index is 6.55. The number of nitrogens with zero attached hydrogens (tertiary/aromatic N) is 3. The predicted molar refractivity (Wildman–Crippen MR) is 125 cm³/mol. The summed E-state index contributed by atoms with van der Waals surface area (Å²) >= 11 is 13.1. The van der Waals surface area contributed by atoms with Crippen LogP contribution in [-0.4, -0.2) is 42.8 Å². The third-order valence-electron chi connectivity index (χ3n) is 5.02. The summed E-state index contributed by atoms with van der Waals surface area (Å²) in [6.07, 6.45) is 3.50. The molecule has 0 spiro atoms. The van der Waals surface area contributed by atoms with Crippen LogP contribution >= 0.6 is 23.2 Å². The summed E-state index contributed by atoms with van der Waals surface area (Å²) in [5.41, 5.74) is 2.75. The van der Waals surface area contributed by atoms with Gasteiger partial charge in [0.05, 0.1) is 22.2 Å². The fourth-order valence-electron chi connectivity index (χ4n) is 3.48. The van der Waals surface area contributed by atoms with Crippen molar-refractivity contribution in [1.82, 2.24) is 15.3 Å². The van der Waals surface area contributed by atoms with Gasteiger partial charge in [0.25, 0.3) is 0 Å². The highest BCUT2D eigenvalue weighted by Gasteiger charge is 2.15. The number of hydrogen-bond donors (Lipinski definition) is 1. The molecule has 6 nitrogen and oxygen atoms in total. The first-order valence-electron chi connectivity index (χ1n) is 10.3. The lowest BCUT2D eigenvalue weighted by Crippen LogP contribution is -2.43. The topological polar surface area (TPSA) is 59.5 Å². The van der Waals surface area contributed by atoms with Gasteiger partial charge in [0, 0.05) is 38.6 Å². The maximum atomic E-state index is 6.55. The number of nitrogens with one attached hydrogen (secondary N) is 1. The van der Waals surface area contributed by atoms with Gasteiger partial charge in [0.15, 0.2) is 5.75 Å². The molecule has 3 aromatic rings. The number of benzene rings is 1. The number of hydrogen-bond acceptors (Lipinski definition) is 6. The fourth-order valence-corrected chi connectivity index (χ4v) is 4.08. The number of aromatic nitrogens is 2. The van der Waals surface area contributed by atoms with Gasteiger partial charge in [-0.05, 0) is 54.4 Å². The van der Waals surface area contributed by atoms with E-state index in [0.717, 1.165) is 48.7 Å². The predicted octanol–water partition coefficient (Wildman–Crippen LogP) is 4.84. The lowest BCUT2D eigenvalue weighted by Gasteiger charge is -2.28. The molecule has 0 amide bonds. The number of ether oxygens (including phenoxy) is 2. The first-order chi connectivity index (χ1) is 15.2. The van der Waals surface area contributed by atoms with Crippen LogP contribution in [0.3, 0.4) is 0 Å². The van der Waals surface area contributed by atoms with E-state index in [1.54, 1.807) is 6.20 Å². The second-order valence-electron chi connectivity index (χ2n) is 7.10. The third-order valence-corrected chi connectivity index (χ3v) is 5.58. The molecule has 1 aliphatic rings. The van der Waals surface area contributed by atoms with Crippen LogP contribution in [0.5, 0.6) is 11.6 Å². The zero-order valence-corrected chi connectivity index (χ0v) is 18.8. The minimum Gasteiger partial charge on any atom is -0.486 e. The molecule has 1 fully saturated rings. The van der Waals surface area contributed by atoms with Crippen molar-refractivity contribution in [3.05, 3.63) is 64.4 Å². The Balaban J connectivity index is 1.54. The van der Waals surface area contributed by atoms with Gasteiger partial charge < -0.3 is 19.7 Å². The van der Waals surface area contributed by atoms with Crippen molar-refractivity contribution in [3.63, 3.8) is 0 Å². The molecule has 0 unspecified atom stereocenters. The largest absolute Gasteiger partial charge is 0.486 e. The summed E-state index contributed by atoms with van der Waals surface area (Å²) in [6, 6.07) is 11.5. The van der Waals surface area contributed by atoms with E-state index in [-0.39, 0.29) is 6.61 Å². The molecule has 0 bridgehead atoms. The van der Waals surface area contributed by atoms with Crippen molar-refractivity contribution >= 4 is 29.0 Å². The van der Waals surface area contributed by atoms with E-state index < -0.39 is 0 Å². The Morgan fingerprint density at radius 1 is 0.968 bits per heavy atom. The number of anilines is 1. The number of halogens is 2. The van der Waals surface area contributed by atoms with Crippen LogP contribution in [0, 0.1) is 0 Å². The molecule has 31 heavy (non-hydrogen) atoms. The molecule has 2 aromatic heterocycles. The summed E-state index contributed by atoms with van der Waals surface area (Å²) in [6.45, 7) is 6.48. The van der Waals surface area contributed by atoms with Gasteiger partial charge in [-0.3, -0.25) is 0 Å². The van der Waals surface area contributed by atoms with Gasteiger partial charge in [-0.1, -0.05) is 23.2 Å². The van der Waals surface area contributed by atoms with Gasteiger partial charge in [0.2, 0.25) is 5.88 Å². The molecule has 0 radical (unpaired) electrons. The van der Waals surface area contributed by atoms with Crippen molar-refractivity contribution in [1.29, 1.82) is 0 Å². The van der Waals surface area contributed by atoms with Crippen molar-refractivity contribution in [2.45, 2.75) is 13.5 Å². The van der Waals surface area contributed by atoms with E-state index in [0.29, 0.717) is 28.3 Å². The Morgan fingerprint density at radius 2 is 1.74 bits per heavy atom. The minimum atomic E-state index is 0.254. The summed E-state index contributed by atoms with van der Waals surface area (Å²) in [5.74, 6) is 1.94. The molecule has 0 atom stereocenters. The van der Waals surface area contributed by atoms with E-state index in [9.17, 15) is 0 Å². The Kier molecular flexibility index (Phi) is 7.12. The molecule has 1 aliphatic heterocycles. The minimum absolute atomic E-state index is 0.254. The van der Waals surface area contributed by atoms with Gasteiger partial charge in [-0.25, -0.2) is 9.97 Å². The SMILES string of the molecule is CCOc1ncccc1COc1c(Cl)cc(-c2ccnc(N3CCNCC3)c2)cc1Cl. The Morgan fingerprint density at radius 3 is 2.48 bits per heavy atom. The van der Waals surface area contributed by atoms with E-state index in [2.05, 4.69) is 26.3 Å². The fraction of sp³-hybridized carbons (Fsp3) is 0.304. The third kappa shape index (κ3) is 5.21. The molecule has 0 aliphatic carbocycles. The highest BCUT2D eigenvalue weighted by Crippen LogP contribution is 2.38. The summed E-state index contributed by atoms with van der Waals surface area (Å²) in [4.78, 5) is 11.0. The van der Waals surface area contributed by atoms with Crippen LogP contribution < -0.4 is 19.7 Å². The van der Waals surface area contributed by atoms with Crippen molar-refractivity contribution < 1.29 is 9.47 Å². The first-order valence-corrected chi connectivity index (χ1v) is 11.0. The van der Waals surface area contributed by atoms with E-state index >= 15 is 0 Å². The lowest BCUT2D eigenvalue weighted by molar-refractivity contribution is 0.280. The Hall–Kier alpha value is -2.54. The molecular formula is C23H24Cl2N4O2. The smallest absolute Gasteiger partial charge is 0.219 e. The zero-order valence-electron chi connectivity index (χ0n) is 17.3. The molecule has 1 aromatic carbocycles. The molecule has 1 N–H and O–H groups in total. The molecule has 3 heterocycles. The summed E-state index contributed by atoms with van der Waals surface area (Å²) in [5, 5.41) is 4.25. The number of piperazine rings is 1. The van der Waals surface area contributed by atoms with Crippen molar-refractivity contribution in [2.75, 3.05) is 37.7 Å². The lowest BCUT2D eigenvalue weighted by atomic mass is 10.1. The average molecular weight is 459 g/mol. The van der Waals surface area contributed by atoms with Crippen molar-refractivity contribution in [3.8, 4) is 22.8 Å². The summed E-state index contributed by atoms with van der Waals surface area (Å²) < 4.78 is 11.5. The summed E-state index contributed by atoms with van der Waals surface area (Å²) in [7, 11) is 0. The number of pyridine rings is 2. The van der Waals surface area contributed by atoms with E-state index in [1.165, 1.54) is 0 Å². The van der Waals surface area contributed by atoms with Crippen LogP contribution in [0.2, 0.25) is 10.0 Å². The zero-order chi connectivity index (χ0) is 21.6. The molecular weight excluding hydrogens is 435 g/mol. The highest BCUT2D eigenvalue weighted by molar-refractivity contribution is 6.37. The van der Waals surface area contributed by atoms with E-state index in [4.69, 9.17) is 32.7 Å². The van der Waals surface area contributed by atoms with Gasteiger partial charge in [-0.15, -0.1) is 0 Å². The monoisotopic (exact) mass is 458 g/mol. The van der Waals surface area contributed by atoms with Gasteiger partial charge in [-0.2, -0.15) is 0 Å². The van der Waals surface area contributed by atoms with Crippen LogP contribution in [0.4, 0.5) is 5.82 Å². The molecule has 4 rings (SSSR count). The van der Waals surface area contributed by atoms with Crippen LogP contribution in [0.25, 0.3) is 11.1 Å². The quantitative estimate of drug-likeness (QED) is 0.546. The second-order valence-corrected chi connectivity index (χ2v) is 7.91. The second kappa shape index (κ2) is 10.2. The average Bonchev–Trinajstić information content (AvgIpc) is 2.80. The molecule has 8 heteroatoms.